The van der Waals surface area contributed by atoms with Gasteiger partial charge in [-0.25, -0.2) is 0 Å². The van der Waals surface area contributed by atoms with Crippen LogP contribution in [0.4, 0.5) is 0 Å². The number of nitrogens with one attached hydrogen (secondary N) is 1. The number of amides is 1. The minimum absolute atomic E-state index is 0.171. The number of hydrogen-bond donors (Lipinski definition) is 1. The van der Waals surface area contributed by atoms with Crippen molar-refractivity contribution in [1.29, 1.82) is 0 Å². The molecule has 134 valence electrons. The van der Waals surface area contributed by atoms with Crippen LogP contribution in [0.1, 0.15) is 28.0 Å². The van der Waals surface area contributed by atoms with Crippen LogP contribution in [0, 0.1) is 0 Å². The molecule has 2 aromatic rings. The second kappa shape index (κ2) is 6.46. The summed E-state index contributed by atoms with van der Waals surface area (Å²) in [5.74, 6) is 0.171. The minimum Gasteiger partial charge on any atom is -0.358 e. The first-order chi connectivity index (χ1) is 12.0. The average molecular weight is 340 g/mol. The highest BCUT2D eigenvalue weighted by molar-refractivity contribution is 5.99. The lowest BCUT2D eigenvalue weighted by molar-refractivity contribution is 0.0664. The third kappa shape index (κ3) is 3.07. The van der Waals surface area contributed by atoms with E-state index < -0.39 is 0 Å². The normalized spacial score (nSPS) is 21.8. The highest BCUT2D eigenvalue weighted by Crippen LogP contribution is 2.31. The molecule has 5 nitrogen and oxygen atoms in total. The molecule has 1 fully saturated rings. The van der Waals surface area contributed by atoms with Crippen LogP contribution in [0.15, 0.2) is 18.2 Å². The first kappa shape index (κ1) is 16.6. The predicted octanol–water partition coefficient (Wildman–Crippen LogP) is 1.97. The van der Waals surface area contributed by atoms with E-state index in [1.54, 1.807) is 0 Å². The van der Waals surface area contributed by atoms with Gasteiger partial charge in [-0.05, 0) is 64.2 Å². The molecular weight excluding hydrogens is 312 g/mol. The van der Waals surface area contributed by atoms with Crippen LogP contribution in [0.5, 0.6) is 0 Å². The van der Waals surface area contributed by atoms with Crippen molar-refractivity contribution in [2.24, 2.45) is 0 Å². The van der Waals surface area contributed by atoms with Gasteiger partial charge in [0.1, 0.15) is 0 Å². The summed E-state index contributed by atoms with van der Waals surface area (Å²) in [4.78, 5) is 23.1. The molecule has 1 aromatic carbocycles. The van der Waals surface area contributed by atoms with Gasteiger partial charge in [0, 0.05) is 54.4 Å². The fraction of sp³-hybridized carbons (Fsp3) is 0.550. The van der Waals surface area contributed by atoms with Gasteiger partial charge in [-0.3, -0.25) is 4.79 Å². The molecule has 0 spiro atoms. The first-order valence-electron chi connectivity index (χ1n) is 9.30. The van der Waals surface area contributed by atoms with Gasteiger partial charge in [0.15, 0.2) is 0 Å². The number of piperazine rings is 1. The maximum Gasteiger partial charge on any atom is 0.253 e. The molecule has 2 aliphatic rings. The maximum atomic E-state index is 12.9. The van der Waals surface area contributed by atoms with Gasteiger partial charge in [-0.15, -0.1) is 0 Å². The molecule has 4 rings (SSSR count). The van der Waals surface area contributed by atoms with Crippen LogP contribution in [0.2, 0.25) is 0 Å². The van der Waals surface area contributed by atoms with E-state index in [4.69, 9.17) is 0 Å². The molecule has 1 saturated heterocycles. The second-order valence-electron chi connectivity index (χ2n) is 7.80. The standard InChI is InChI=1S/C20H28N4O/c1-22(2)15-5-7-19-17(13-15)16-12-14(4-6-18(16)21-19)20(25)24-10-8-23(3)9-11-24/h4,6,12,15,21H,5,7-11,13H2,1-3H3. The molecule has 2 heterocycles. The van der Waals surface area contributed by atoms with Crippen LogP contribution < -0.4 is 0 Å². The van der Waals surface area contributed by atoms with Crippen LogP contribution in [-0.2, 0) is 12.8 Å². The van der Waals surface area contributed by atoms with E-state index in [2.05, 4.69) is 48.1 Å². The van der Waals surface area contributed by atoms with Crippen molar-refractivity contribution in [3.05, 3.63) is 35.0 Å². The Morgan fingerprint density at radius 2 is 1.96 bits per heavy atom. The van der Waals surface area contributed by atoms with Gasteiger partial charge in [-0.2, -0.15) is 0 Å². The first-order valence-corrected chi connectivity index (χ1v) is 9.30. The summed E-state index contributed by atoms with van der Waals surface area (Å²) < 4.78 is 0. The lowest BCUT2D eigenvalue weighted by Gasteiger charge is -2.32. The Labute approximate surface area is 149 Å². The number of carbonyl (C=O) groups excluding carboxylic acids is 1. The van der Waals surface area contributed by atoms with Crippen molar-refractivity contribution < 1.29 is 4.79 Å². The van der Waals surface area contributed by atoms with Gasteiger partial charge in [-0.1, -0.05) is 0 Å². The number of aromatic nitrogens is 1. The SMILES string of the molecule is CN1CCN(C(=O)c2ccc3[nH]c4c(c3c2)CC(N(C)C)CC4)CC1. The molecule has 1 aromatic heterocycles. The predicted molar refractivity (Wildman–Crippen MR) is 101 cm³/mol. The number of likely N-dealkylation sites (N-methyl/N-ethyl adjacent to an activating group) is 2. The third-order valence-corrected chi connectivity index (χ3v) is 5.93. The fourth-order valence-electron chi connectivity index (χ4n) is 4.16. The summed E-state index contributed by atoms with van der Waals surface area (Å²) in [5, 5.41) is 1.24. The van der Waals surface area contributed by atoms with Gasteiger partial charge >= 0.3 is 0 Å². The number of aromatic amines is 1. The Balaban J connectivity index is 1.64. The molecule has 1 aliphatic carbocycles. The number of aryl methyl sites for hydroxylation is 1. The third-order valence-electron chi connectivity index (χ3n) is 5.93. The summed E-state index contributed by atoms with van der Waals surface area (Å²) in [6.07, 6.45) is 3.35. The van der Waals surface area contributed by atoms with Crippen molar-refractivity contribution in [3.8, 4) is 0 Å². The summed E-state index contributed by atoms with van der Waals surface area (Å²) >= 11 is 0. The minimum atomic E-state index is 0.171. The number of nitrogens with zero attached hydrogens (tertiary/aromatic N) is 3. The zero-order valence-electron chi connectivity index (χ0n) is 15.5. The molecular formula is C20H28N4O. The van der Waals surface area contributed by atoms with Gasteiger partial charge in [0.2, 0.25) is 0 Å². The zero-order chi connectivity index (χ0) is 17.6. The molecule has 25 heavy (non-hydrogen) atoms. The van der Waals surface area contributed by atoms with Crippen LogP contribution in [0.25, 0.3) is 10.9 Å². The van der Waals surface area contributed by atoms with Crippen LogP contribution >= 0.6 is 0 Å². The number of carbonyl (C=O) groups is 1. The van der Waals surface area contributed by atoms with E-state index in [0.29, 0.717) is 6.04 Å². The Bertz CT molecular complexity index is 786. The fourth-order valence-corrected chi connectivity index (χ4v) is 4.16. The summed E-state index contributed by atoms with van der Waals surface area (Å²) in [6, 6.07) is 6.77. The molecule has 0 bridgehead atoms. The van der Waals surface area contributed by atoms with Gasteiger partial charge in [0.25, 0.3) is 5.91 Å². The topological polar surface area (TPSA) is 42.6 Å². The largest absolute Gasteiger partial charge is 0.358 e. The molecule has 0 saturated carbocycles. The Hall–Kier alpha value is -1.85. The Morgan fingerprint density at radius 3 is 2.68 bits per heavy atom. The molecule has 1 N–H and O–H groups in total. The van der Waals surface area contributed by atoms with Crippen molar-refractivity contribution >= 4 is 16.8 Å². The number of benzene rings is 1. The molecule has 1 aliphatic heterocycles. The molecule has 1 unspecified atom stereocenters. The smallest absolute Gasteiger partial charge is 0.253 e. The van der Waals surface area contributed by atoms with E-state index in [0.717, 1.165) is 44.6 Å². The lowest BCUT2D eigenvalue weighted by Crippen LogP contribution is -2.47. The maximum absolute atomic E-state index is 12.9. The highest BCUT2D eigenvalue weighted by atomic mass is 16.2. The van der Waals surface area contributed by atoms with E-state index in [1.165, 1.54) is 28.6 Å². The molecule has 0 radical (unpaired) electrons. The van der Waals surface area contributed by atoms with E-state index >= 15 is 0 Å². The number of fused-ring (bicyclic) bond motifs is 3. The molecule has 1 atom stereocenters. The van der Waals surface area contributed by atoms with Gasteiger partial charge < -0.3 is 19.7 Å². The number of H-pyrrole nitrogens is 1. The van der Waals surface area contributed by atoms with Gasteiger partial charge in [0.05, 0.1) is 0 Å². The Morgan fingerprint density at radius 1 is 1.20 bits per heavy atom. The van der Waals surface area contributed by atoms with Crippen molar-refractivity contribution in [2.45, 2.75) is 25.3 Å². The quantitative estimate of drug-likeness (QED) is 0.909. The highest BCUT2D eigenvalue weighted by Gasteiger charge is 2.25. The monoisotopic (exact) mass is 340 g/mol. The molecule has 1 amide bonds. The van der Waals surface area contributed by atoms with E-state index in [-0.39, 0.29) is 5.91 Å². The zero-order valence-corrected chi connectivity index (χ0v) is 15.5. The van der Waals surface area contributed by atoms with Crippen LogP contribution in [-0.4, -0.2) is 79.0 Å². The van der Waals surface area contributed by atoms with Crippen LogP contribution in [0.3, 0.4) is 0 Å². The van der Waals surface area contributed by atoms with E-state index in [9.17, 15) is 4.79 Å². The van der Waals surface area contributed by atoms with Crippen molar-refractivity contribution in [3.63, 3.8) is 0 Å². The Kier molecular flexibility index (Phi) is 4.29. The summed E-state index contributed by atoms with van der Waals surface area (Å²) in [7, 11) is 6.43. The van der Waals surface area contributed by atoms with Crippen molar-refractivity contribution in [2.75, 3.05) is 47.3 Å². The summed E-state index contributed by atoms with van der Waals surface area (Å²) in [6.45, 7) is 3.55. The average Bonchev–Trinajstić information content (AvgIpc) is 2.98. The van der Waals surface area contributed by atoms with Crippen molar-refractivity contribution in [1.82, 2.24) is 19.7 Å². The summed E-state index contributed by atoms with van der Waals surface area (Å²) in [5.41, 5.74) is 4.76. The lowest BCUT2D eigenvalue weighted by atomic mass is 9.90. The number of hydrogen-bond acceptors (Lipinski definition) is 3. The second-order valence-corrected chi connectivity index (χ2v) is 7.80. The molecule has 5 heteroatoms. The van der Waals surface area contributed by atoms with E-state index in [1.807, 2.05) is 11.0 Å². The number of rotatable bonds is 2.